The summed E-state index contributed by atoms with van der Waals surface area (Å²) in [5.74, 6) is 1.15. The van der Waals surface area contributed by atoms with E-state index in [2.05, 4.69) is 42.6 Å². The van der Waals surface area contributed by atoms with E-state index in [1.54, 1.807) is 6.20 Å². The molecule has 0 aliphatic rings. The molecule has 0 aromatic carbocycles. The first-order chi connectivity index (χ1) is 10.9. The maximum absolute atomic E-state index is 12.0. The van der Waals surface area contributed by atoms with Crippen LogP contribution >= 0.6 is 0 Å². The zero-order valence-corrected chi connectivity index (χ0v) is 14.5. The van der Waals surface area contributed by atoms with Gasteiger partial charge < -0.3 is 14.6 Å². The van der Waals surface area contributed by atoms with Gasteiger partial charge in [0.15, 0.2) is 5.65 Å². The Morgan fingerprint density at radius 3 is 2.70 bits per heavy atom. The second-order valence-corrected chi connectivity index (χ2v) is 6.46. The van der Waals surface area contributed by atoms with Crippen LogP contribution in [0.25, 0.3) is 11.2 Å². The van der Waals surface area contributed by atoms with E-state index in [4.69, 9.17) is 9.72 Å². The number of methoxy groups -OCH3 is 1. The summed E-state index contributed by atoms with van der Waals surface area (Å²) in [5, 5.41) is 3.05. The minimum atomic E-state index is -0.158. The number of nitrogens with zero attached hydrogens (tertiary/aromatic N) is 3. The van der Waals surface area contributed by atoms with Gasteiger partial charge in [0.1, 0.15) is 17.9 Å². The summed E-state index contributed by atoms with van der Waals surface area (Å²) in [6.07, 6.45) is 2.58. The molecule has 0 aliphatic heterocycles. The van der Waals surface area contributed by atoms with Crippen molar-refractivity contribution in [1.82, 2.24) is 19.9 Å². The molecule has 0 saturated heterocycles. The lowest BCUT2D eigenvalue weighted by Gasteiger charge is -2.23. The first kappa shape index (κ1) is 17.4. The summed E-state index contributed by atoms with van der Waals surface area (Å²) in [6.45, 7) is 8.52. The third-order valence-electron chi connectivity index (χ3n) is 3.62. The van der Waals surface area contributed by atoms with Crippen LogP contribution in [-0.4, -0.2) is 34.2 Å². The van der Waals surface area contributed by atoms with E-state index in [0.717, 1.165) is 23.4 Å². The average molecular weight is 318 g/mol. The van der Waals surface area contributed by atoms with E-state index >= 15 is 0 Å². The van der Waals surface area contributed by atoms with E-state index in [1.165, 1.54) is 7.11 Å². The Morgan fingerprint density at radius 2 is 2.09 bits per heavy atom. The number of rotatable bonds is 7. The highest BCUT2D eigenvalue weighted by molar-refractivity contribution is 5.78. The number of hydrogen-bond donors (Lipinski definition) is 1. The number of fused-ring (bicyclic) bond motifs is 1. The Balaban J connectivity index is 2.46. The predicted octanol–water partition coefficient (Wildman–Crippen LogP) is 2.86. The van der Waals surface area contributed by atoms with Crippen molar-refractivity contribution in [2.75, 3.05) is 13.7 Å². The van der Waals surface area contributed by atoms with Crippen molar-refractivity contribution in [3.8, 4) is 0 Å². The monoisotopic (exact) mass is 318 g/mol. The maximum Gasteiger partial charge on any atom is 0.246 e. The number of hydrogen-bond acceptors (Lipinski definition) is 4. The highest BCUT2D eigenvalue weighted by atomic mass is 16.5. The molecule has 1 atom stereocenters. The van der Waals surface area contributed by atoms with Crippen LogP contribution in [0.1, 0.15) is 52.0 Å². The Labute approximate surface area is 137 Å². The molecule has 0 unspecified atom stereocenters. The van der Waals surface area contributed by atoms with Crippen molar-refractivity contribution in [3.63, 3.8) is 0 Å². The van der Waals surface area contributed by atoms with Gasteiger partial charge in [-0.2, -0.15) is 0 Å². The number of carbonyl (C=O) groups is 1. The third kappa shape index (κ3) is 4.07. The van der Waals surface area contributed by atoms with Crippen molar-refractivity contribution in [2.45, 2.75) is 46.2 Å². The number of imidazole rings is 1. The number of aromatic nitrogens is 3. The minimum absolute atomic E-state index is 0.0503. The molecule has 6 nitrogen and oxygen atoms in total. The van der Waals surface area contributed by atoms with Crippen LogP contribution in [0.4, 0.5) is 0 Å². The predicted molar refractivity (Wildman–Crippen MR) is 90.1 cm³/mol. The van der Waals surface area contributed by atoms with Gasteiger partial charge in [-0.3, -0.25) is 4.79 Å². The second kappa shape index (κ2) is 7.55. The lowest BCUT2D eigenvalue weighted by atomic mass is 10.0. The Morgan fingerprint density at radius 1 is 1.35 bits per heavy atom. The molecule has 126 valence electrons. The van der Waals surface area contributed by atoms with Gasteiger partial charge in [-0.1, -0.05) is 13.8 Å². The lowest BCUT2D eigenvalue weighted by Crippen LogP contribution is -2.34. The summed E-state index contributed by atoms with van der Waals surface area (Å²) in [4.78, 5) is 21.2. The fourth-order valence-corrected chi connectivity index (χ4v) is 2.77. The van der Waals surface area contributed by atoms with Crippen molar-refractivity contribution in [1.29, 1.82) is 0 Å². The fourth-order valence-electron chi connectivity index (χ4n) is 2.77. The van der Waals surface area contributed by atoms with Gasteiger partial charge in [-0.25, -0.2) is 9.97 Å². The second-order valence-electron chi connectivity index (χ2n) is 6.46. The SMILES string of the molecule is COCC(=O)N[C@@H](CC(C)C)c1nc2cccnc2n1C(C)C. The topological polar surface area (TPSA) is 69.0 Å². The summed E-state index contributed by atoms with van der Waals surface area (Å²) in [5.41, 5.74) is 1.71. The Hall–Kier alpha value is -1.95. The Kier molecular flexibility index (Phi) is 5.71. The molecule has 0 aliphatic carbocycles. The molecule has 0 saturated carbocycles. The van der Waals surface area contributed by atoms with E-state index in [0.29, 0.717) is 5.92 Å². The molecular weight excluding hydrogens is 292 g/mol. The van der Waals surface area contributed by atoms with E-state index in [1.807, 2.05) is 12.1 Å². The zero-order chi connectivity index (χ0) is 17.0. The summed E-state index contributed by atoms with van der Waals surface area (Å²) >= 11 is 0. The number of carbonyl (C=O) groups excluding carboxylic acids is 1. The molecule has 2 heterocycles. The smallest absolute Gasteiger partial charge is 0.246 e. The van der Waals surface area contributed by atoms with Crippen LogP contribution < -0.4 is 5.32 Å². The largest absolute Gasteiger partial charge is 0.375 e. The number of pyridine rings is 1. The van der Waals surface area contributed by atoms with Gasteiger partial charge in [0.2, 0.25) is 5.91 Å². The van der Waals surface area contributed by atoms with Crippen molar-refractivity contribution in [2.24, 2.45) is 5.92 Å². The first-order valence-corrected chi connectivity index (χ1v) is 8.05. The van der Waals surface area contributed by atoms with E-state index in [-0.39, 0.29) is 24.6 Å². The van der Waals surface area contributed by atoms with Crippen LogP contribution in [0, 0.1) is 5.92 Å². The lowest BCUT2D eigenvalue weighted by molar-refractivity contribution is -0.125. The maximum atomic E-state index is 12.0. The number of ether oxygens (including phenoxy) is 1. The molecule has 0 radical (unpaired) electrons. The van der Waals surface area contributed by atoms with Crippen LogP contribution in [0.3, 0.4) is 0 Å². The van der Waals surface area contributed by atoms with Crippen molar-refractivity contribution >= 4 is 17.1 Å². The van der Waals surface area contributed by atoms with Gasteiger partial charge in [0, 0.05) is 19.3 Å². The van der Waals surface area contributed by atoms with Crippen LogP contribution in [0.2, 0.25) is 0 Å². The Bertz CT molecular complexity index is 664. The molecule has 0 spiro atoms. The molecule has 23 heavy (non-hydrogen) atoms. The summed E-state index contributed by atoms with van der Waals surface area (Å²) in [7, 11) is 1.52. The standard InChI is InChI=1S/C17H26N4O2/c1-11(2)9-14(19-15(22)10-23-5)17-20-13-7-6-8-18-16(13)21(17)12(3)4/h6-8,11-12,14H,9-10H2,1-5H3,(H,19,22)/t14-/m0/s1. The summed E-state index contributed by atoms with van der Waals surface area (Å²) in [6, 6.07) is 3.88. The molecule has 2 rings (SSSR count). The van der Waals surface area contributed by atoms with E-state index < -0.39 is 0 Å². The molecule has 0 bridgehead atoms. The average Bonchev–Trinajstić information content (AvgIpc) is 2.85. The molecule has 1 N–H and O–H groups in total. The van der Waals surface area contributed by atoms with E-state index in [9.17, 15) is 4.79 Å². The van der Waals surface area contributed by atoms with Gasteiger partial charge in [0.25, 0.3) is 0 Å². The first-order valence-electron chi connectivity index (χ1n) is 8.05. The van der Waals surface area contributed by atoms with Gasteiger partial charge in [0.05, 0.1) is 6.04 Å². The quantitative estimate of drug-likeness (QED) is 0.852. The molecule has 1 amide bonds. The van der Waals surface area contributed by atoms with Crippen LogP contribution in [-0.2, 0) is 9.53 Å². The molecule has 0 fully saturated rings. The fraction of sp³-hybridized carbons (Fsp3) is 0.588. The van der Waals surface area contributed by atoms with Crippen LogP contribution in [0.15, 0.2) is 18.3 Å². The zero-order valence-electron chi connectivity index (χ0n) is 14.5. The molecule has 2 aromatic heterocycles. The normalized spacial score (nSPS) is 13.0. The number of amides is 1. The number of nitrogens with one attached hydrogen (secondary N) is 1. The molecular formula is C17H26N4O2. The highest BCUT2D eigenvalue weighted by Crippen LogP contribution is 2.27. The molecule has 6 heteroatoms. The van der Waals surface area contributed by atoms with Gasteiger partial charge in [-0.05, 0) is 38.3 Å². The van der Waals surface area contributed by atoms with Gasteiger partial charge in [-0.15, -0.1) is 0 Å². The highest BCUT2D eigenvalue weighted by Gasteiger charge is 2.24. The third-order valence-corrected chi connectivity index (χ3v) is 3.62. The summed E-state index contributed by atoms with van der Waals surface area (Å²) < 4.78 is 7.04. The van der Waals surface area contributed by atoms with Crippen LogP contribution in [0.5, 0.6) is 0 Å². The minimum Gasteiger partial charge on any atom is -0.375 e. The van der Waals surface area contributed by atoms with Crippen molar-refractivity contribution in [3.05, 3.63) is 24.2 Å². The van der Waals surface area contributed by atoms with Gasteiger partial charge >= 0.3 is 0 Å². The van der Waals surface area contributed by atoms with Crippen molar-refractivity contribution < 1.29 is 9.53 Å². The molecule has 2 aromatic rings.